The van der Waals surface area contributed by atoms with Gasteiger partial charge in [0, 0.05) is 5.56 Å². The van der Waals surface area contributed by atoms with Crippen LogP contribution in [0, 0.1) is 13.8 Å². The number of nitrogens with zero attached hydrogens (tertiary/aromatic N) is 4. The molecule has 0 fully saturated rings. The molecule has 2 heterocycles. The summed E-state index contributed by atoms with van der Waals surface area (Å²) in [6.07, 6.45) is 1.48. The smallest absolute Gasteiger partial charge is 0.361 e. The second-order valence-corrected chi connectivity index (χ2v) is 6.36. The number of benzene rings is 2. The van der Waals surface area contributed by atoms with Gasteiger partial charge in [-0.3, -0.25) is 0 Å². The van der Waals surface area contributed by atoms with E-state index in [9.17, 15) is 4.79 Å². The Morgan fingerprint density at radius 2 is 1.82 bits per heavy atom. The van der Waals surface area contributed by atoms with Crippen LogP contribution in [0.25, 0.3) is 17.1 Å². The van der Waals surface area contributed by atoms with Crippen molar-refractivity contribution in [2.45, 2.75) is 20.5 Å². The van der Waals surface area contributed by atoms with Crippen LogP contribution >= 0.6 is 0 Å². The SMILES string of the molecule is Cc1ccc(-n2nnc(C(=O)OCc3coc(-c4ccccc4)n3)c2C)cc1. The minimum Gasteiger partial charge on any atom is -0.454 e. The van der Waals surface area contributed by atoms with Crippen LogP contribution < -0.4 is 0 Å². The normalized spacial score (nSPS) is 10.8. The topological polar surface area (TPSA) is 83.0 Å². The lowest BCUT2D eigenvalue weighted by molar-refractivity contribution is 0.0459. The summed E-state index contributed by atoms with van der Waals surface area (Å²) in [5.41, 5.74) is 4.14. The highest BCUT2D eigenvalue weighted by atomic mass is 16.5. The Kier molecular flexibility index (Phi) is 4.72. The number of ether oxygens (including phenoxy) is 1. The second kappa shape index (κ2) is 7.48. The molecule has 2 aromatic heterocycles. The van der Waals surface area contributed by atoms with Crippen LogP contribution in [0.2, 0.25) is 0 Å². The molecule has 0 unspecified atom stereocenters. The van der Waals surface area contributed by atoms with Crippen molar-refractivity contribution in [2.75, 3.05) is 0 Å². The maximum atomic E-state index is 12.4. The quantitative estimate of drug-likeness (QED) is 0.493. The van der Waals surface area contributed by atoms with Crippen LogP contribution in [0.15, 0.2) is 65.3 Å². The molecule has 140 valence electrons. The summed E-state index contributed by atoms with van der Waals surface area (Å²) in [6, 6.07) is 17.3. The molecule has 0 aliphatic rings. The number of aromatic nitrogens is 4. The summed E-state index contributed by atoms with van der Waals surface area (Å²) < 4.78 is 12.4. The van der Waals surface area contributed by atoms with Gasteiger partial charge in [-0.1, -0.05) is 41.1 Å². The molecular formula is C21H18N4O3. The van der Waals surface area contributed by atoms with Gasteiger partial charge in [0.15, 0.2) is 5.69 Å². The third kappa shape index (κ3) is 3.55. The molecule has 0 saturated heterocycles. The largest absolute Gasteiger partial charge is 0.454 e. The van der Waals surface area contributed by atoms with Crippen LogP contribution in [0.1, 0.15) is 27.4 Å². The lowest BCUT2D eigenvalue weighted by atomic mass is 10.2. The molecular weight excluding hydrogens is 356 g/mol. The van der Waals surface area contributed by atoms with Gasteiger partial charge < -0.3 is 9.15 Å². The van der Waals surface area contributed by atoms with Gasteiger partial charge >= 0.3 is 5.97 Å². The second-order valence-electron chi connectivity index (χ2n) is 6.36. The standard InChI is InChI=1S/C21H18N4O3/c1-14-8-10-18(11-9-14)25-15(2)19(23-24-25)21(26)28-13-17-12-27-20(22-17)16-6-4-3-5-7-16/h3-12H,13H2,1-2H3. The first kappa shape index (κ1) is 17.7. The molecule has 0 spiro atoms. The fraction of sp³-hybridized carbons (Fsp3) is 0.143. The van der Waals surface area contributed by atoms with E-state index in [1.807, 2.05) is 61.5 Å². The first-order valence-electron chi connectivity index (χ1n) is 8.78. The van der Waals surface area contributed by atoms with Crippen molar-refractivity contribution in [1.82, 2.24) is 20.0 Å². The monoisotopic (exact) mass is 374 g/mol. The Hall–Kier alpha value is -3.74. The molecule has 4 rings (SSSR count). The molecule has 0 saturated carbocycles. The number of hydrogen-bond donors (Lipinski definition) is 0. The number of esters is 1. The van der Waals surface area contributed by atoms with Crippen molar-refractivity contribution >= 4 is 5.97 Å². The van der Waals surface area contributed by atoms with Gasteiger partial charge in [0.1, 0.15) is 18.6 Å². The molecule has 0 N–H and O–H groups in total. The summed E-state index contributed by atoms with van der Waals surface area (Å²) in [7, 11) is 0. The zero-order valence-electron chi connectivity index (χ0n) is 15.5. The lowest BCUT2D eigenvalue weighted by Gasteiger charge is -2.04. The average molecular weight is 374 g/mol. The molecule has 0 amide bonds. The van der Waals surface area contributed by atoms with Crippen molar-refractivity contribution in [1.29, 1.82) is 0 Å². The Morgan fingerprint density at radius 1 is 1.07 bits per heavy atom. The van der Waals surface area contributed by atoms with Gasteiger partial charge in [0.2, 0.25) is 5.89 Å². The predicted molar refractivity (Wildman–Crippen MR) is 102 cm³/mol. The average Bonchev–Trinajstić information content (AvgIpc) is 3.34. The van der Waals surface area contributed by atoms with Crippen molar-refractivity contribution in [2.24, 2.45) is 0 Å². The van der Waals surface area contributed by atoms with Crippen molar-refractivity contribution in [3.05, 3.63) is 83.5 Å². The minimum absolute atomic E-state index is 0.00794. The first-order chi connectivity index (χ1) is 13.6. The zero-order chi connectivity index (χ0) is 19.5. The maximum absolute atomic E-state index is 12.4. The van der Waals surface area contributed by atoms with Gasteiger partial charge in [-0.25, -0.2) is 14.5 Å². The van der Waals surface area contributed by atoms with Crippen molar-refractivity contribution in [3.8, 4) is 17.1 Å². The molecule has 0 aliphatic heterocycles. The molecule has 2 aromatic carbocycles. The van der Waals surface area contributed by atoms with Gasteiger partial charge in [0.05, 0.1) is 11.4 Å². The van der Waals surface area contributed by atoms with Gasteiger partial charge in [-0.2, -0.15) is 0 Å². The van der Waals surface area contributed by atoms with Crippen LogP contribution in [0.4, 0.5) is 0 Å². The molecule has 0 bridgehead atoms. The Balaban J connectivity index is 1.45. The number of oxazole rings is 1. The van der Waals surface area contributed by atoms with Gasteiger partial charge in [0.25, 0.3) is 0 Å². The lowest BCUT2D eigenvalue weighted by Crippen LogP contribution is -2.08. The Labute approximate surface area is 161 Å². The van der Waals surface area contributed by atoms with E-state index in [0.717, 1.165) is 16.8 Å². The van der Waals surface area contributed by atoms with Crippen molar-refractivity contribution in [3.63, 3.8) is 0 Å². The van der Waals surface area contributed by atoms with Crippen LogP contribution in [0.5, 0.6) is 0 Å². The zero-order valence-corrected chi connectivity index (χ0v) is 15.5. The minimum atomic E-state index is -0.555. The summed E-state index contributed by atoms with van der Waals surface area (Å²) >= 11 is 0. The summed E-state index contributed by atoms with van der Waals surface area (Å²) in [5, 5.41) is 8.04. The van der Waals surface area contributed by atoms with E-state index in [-0.39, 0.29) is 12.3 Å². The van der Waals surface area contributed by atoms with E-state index < -0.39 is 5.97 Å². The molecule has 28 heavy (non-hydrogen) atoms. The summed E-state index contributed by atoms with van der Waals surface area (Å²) in [5.74, 6) is -0.0757. The van der Waals surface area contributed by atoms with Crippen LogP contribution in [0.3, 0.4) is 0 Å². The first-order valence-corrected chi connectivity index (χ1v) is 8.78. The fourth-order valence-corrected chi connectivity index (χ4v) is 2.74. The highest BCUT2D eigenvalue weighted by Gasteiger charge is 2.19. The summed E-state index contributed by atoms with van der Waals surface area (Å²) in [4.78, 5) is 16.8. The maximum Gasteiger partial charge on any atom is 0.361 e. The Bertz CT molecular complexity index is 1100. The highest BCUT2D eigenvalue weighted by molar-refractivity contribution is 5.88. The van der Waals surface area contributed by atoms with E-state index in [1.54, 1.807) is 11.6 Å². The molecule has 7 nitrogen and oxygen atoms in total. The molecule has 0 atom stereocenters. The molecule has 0 radical (unpaired) electrons. The van der Waals surface area contributed by atoms with Crippen molar-refractivity contribution < 1.29 is 13.9 Å². The summed E-state index contributed by atoms with van der Waals surface area (Å²) in [6.45, 7) is 3.78. The van der Waals surface area contributed by atoms with Crippen LogP contribution in [-0.4, -0.2) is 25.9 Å². The third-order valence-electron chi connectivity index (χ3n) is 4.29. The fourth-order valence-electron chi connectivity index (χ4n) is 2.74. The number of aryl methyl sites for hydroxylation is 1. The van der Waals surface area contributed by atoms with Gasteiger partial charge in [-0.15, -0.1) is 5.10 Å². The van der Waals surface area contributed by atoms with Gasteiger partial charge in [-0.05, 0) is 38.1 Å². The molecule has 4 aromatic rings. The number of rotatable bonds is 5. The number of hydrogen-bond acceptors (Lipinski definition) is 6. The van der Waals surface area contributed by atoms with E-state index in [1.165, 1.54) is 6.26 Å². The van der Waals surface area contributed by atoms with E-state index >= 15 is 0 Å². The van der Waals surface area contributed by atoms with E-state index in [4.69, 9.17) is 9.15 Å². The number of carbonyl (C=O) groups is 1. The number of carbonyl (C=O) groups excluding carboxylic acids is 1. The highest BCUT2D eigenvalue weighted by Crippen LogP contribution is 2.19. The third-order valence-corrected chi connectivity index (χ3v) is 4.29. The predicted octanol–water partition coefficient (Wildman–Crippen LogP) is 3.90. The van der Waals surface area contributed by atoms with E-state index in [0.29, 0.717) is 17.3 Å². The molecule has 7 heteroatoms. The molecule has 0 aliphatic carbocycles. The van der Waals surface area contributed by atoms with E-state index in [2.05, 4.69) is 15.3 Å². The Morgan fingerprint density at radius 3 is 2.57 bits per heavy atom. The van der Waals surface area contributed by atoms with Crippen LogP contribution in [-0.2, 0) is 11.3 Å².